The van der Waals surface area contributed by atoms with E-state index in [1.807, 2.05) is 18.2 Å². The summed E-state index contributed by atoms with van der Waals surface area (Å²) in [5, 5.41) is 10.6. The summed E-state index contributed by atoms with van der Waals surface area (Å²) in [5.41, 5.74) is 0.252. The molecule has 0 unspecified atom stereocenters. The third kappa shape index (κ3) is 2.13. The second-order valence-corrected chi connectivity index (χ2v) is 3.56. The number of hydrogen-bond acceptors (Lipinski definition) is 2. The minimum Gasteiger partial charge on any atom is -0.489 e. The lowest BCUT2D eigenvalue weighted by molar-refractivity contribution is 0.0699. The molecular formula is C14H12O3. The van der Waals surface area contributed by atoms with Crippen molar-refractivity contribution in [1.29, 1.82) is 0 Å². The lowest BCUT2D eigenvalue weighted by atomic mass is 10.0. The van der Waals surface area contributed by atoms with Gasteiger partial charge in [-0.1, -0.05) is 36.9 Å². The Morgan fingerprint density at radius 3 is 2.65 bits per heavy atom. The molecular weight excluding hydrogens is 216 g/mol. The highest BCUT2D eigenvalue weighted by molar-refractivity contribution is 6.06. The highest BCUT2D eigenvalue weighted by atomic mass is 16.5. The first kappa shape index (κ1) is 11.2. The van der Waals surface area contributed by atoms with Crippen LogP contribution in [0.25, 0.3) is 10.8 Å². The number of carboxylic acids is 1. The first-order valence-electron chi connectivity index (χ1n) is 5.23. The fourth-order valence-corrected chi connectivity index (χ4v) is 1.75. The Bertz CT molecular complexity index is 567. The summed E-state index contributed by atoms with van der Waals surface area (Å²) in [4.78, 5) is 11.2. The van der Waals surface area contributed by atoms with Crippen molar-refractivity contribution >= 4 is 16.7 Å². The summed E-state index contributed by atoms with van der Waals surface area (Å²) in [6.07, 6.45) is 1.63. The van der Waals surface area contributed by atoms with Crippen molar-refractivity contribution in [2.24, 2.45) is 0 Å². The number of benzene rings is 2. The predicted octanol–water partition coefficient (Wildman–Crippen LogP) is 3.10. The van der Waals surface area contributed by atoms with E-state index < -0.39 is 5.97 Å². The van der Waals surface area contributed by atoms with Crippen molar-refractivity contribution in [2.45, 2.75) is 0 Å². The minimum absolute atomic E-state index is 0.252. The summed E-state index contributed by atoms with van der Waals surface area (Å²) in [5.74, 6) is -0.384. The monoisotopic (exact) mass is 228 g/mol. The fraction of sp³-hybridized carbons (Fsp3) is 0.0714. The number of hydrogen-bond donors (Lipinski definition) is 1. The molecule has 0 aromatic heterocycles. The number of aromatic carboxylic acids is 1. The van der Waals surface area contributed by atoms with Crippen LogP contribution in [0.15, 0.2) is 49.1 Å². The number of ether oxygens (including phenoxy) is 1. The third-order valence-corrected chi connectivity index (χ3v) is 2.45. The van der Waals surface area contributed by atoms with Crippen LogP contribution in [0.4, 0.5) is 0 Å². The molecule has 86 valence electrons. The van der Waals surface area contributed by atoms with Gasteiger partial charge in [0.2, 0.25) is 0 Å². The smallest absolute Gasteiger partial charge is 0.336 e. The van der Waals surface area contributed by atoms with Crippen LogP contribution < -0.4 is 4.74 Å². The summed E-state index contributed by atoms with van der Waals surface area (Å²) in [6, 6.07) is 10.6. The lowest BCUT2D eigenvalue weighted by Crippen LogP contribution is -2.00. The Kier molecular flexibility index (Phi) is 3.10. The molecule has 0 atom stereocenters. The van der Waals surface area contributed by atoms with Crippen molar-refractivity contribution in [2.75, 3.05) is 6.61 Å². The molecule has 2 rings (SSSR count). The highest BCUT2D eigenvalue weighted by Gasteiger charge is 2.12. The van der Waals surface area contributed by atoms with Gasteiger partial charge in [-0.2, -0.15) is 0 Å². The summed E-state index contributed by atoms with van der Waals surface area (Å²) in [7, 11) is 0. The molecule has 1 N–H and O–H groups in total. The Labute approximate surface area is 99.0 Å². The van der Waals surface area contributed by atoms with Gasteiger partial charge in [0.1, 0.15) is 12.4 Å². The molecule has 2 aromatic carbocycles. The van der Waals surface area contributed by atoms with Gasteiger partial charge in [-0.3, -0.25) is 0 Å². The quantitative estimate of drug-likeness (QED) is 0.818. The molecule has 0 saturated carbocycles. The van der Waals surface area contributed by atoms with E-state index in [1.54, 1.807) is 24.3 Å². The third-order valence-electron chi connectivity index (χ3n) is 2.45. The maximum atomic E-state index is 11.2. The number of fused-ring (bicyclic) bond motifs is 1. The second kappa shape index (κ2) is 4.70. The summed E-state index contributed by atoms with van der Waals surface area (Å²) >= 11 is 0. The molecule has 17 heavy (non-hydrogen) atoms. The number of carboxylic acid groups (broad SMARTS) is 1. The summed E-state index contributed by atoms with van der Waals surface area (Å²) < 4.78 is 5.48. The Hall–Kier alpha value is -2.29. The van der Waals surface area contributed by atoms with Gasteiger partial charge in [-0.05, 0) is 17.5 Å². The van der Waals surface area contributed by atoms with Crippen LogP contribution in [0.2, 0.25) is 0 Å². The average molecular weight is 228 g/mol. The van der Waals surface area contributed by atoms with Gasteiger partial charge in [-0.15, -0.1) is 0 Å². The van der Waals surface area contributed by atoms with Gasteiger partial charge >= 0.3 is 5.97 Å². The van der Waals surface area contributed by atoms with Crippen molar-refractivity contribution in [3.05, 3.63) is 54.6 Å². The van der Waals surface area contributed by atoms with Gasteiger partial charge in [0.15, 0.2) is 0 Å². The maximum absolute atomic E-state index is 11.2. The first-order chi connectivity index (χ1) is 8.24. The van der Waals surface area contributed by atoms with Gasteiger partial charge < -0.3 is 9.84 Å². The molecule has 0 aliphatic rings. The van der Waals surface area contributed by atoms with Crippen molar-refractivity contribution in [3.8, 4) is 5.75 Å². The molecule has 0 bridgehead atoms. The van der Waals surface area contributed by atoms with Crippen molar-refractivity contribution < 1.29 is 14.6 Å². The van der Waals surface area contributed by atoms with Gasteiger partial charge in [0.05, 0.1) is 5.56 Å². The number of rotatable bonds is 4. The fourth-order valence-electron chi connectivity index (χ4n) is 1.75. The summed E-state index contributed by atoms with van der Waals surface area (Å²) in [6.45, 7) is 3.93. The molecule has 3 heteroatoms. The molecule has 0 radical (unpaired) electrons. The normalized spacial score (nSPS) is 10.1. The predicted molar refractivity (Wildman–Crippen MR) is 66.6 cm³/mol. The van der Waals surface area contributed by atoms with Gasteiger partial charge in [0.25, 0.3) is 0 Å². The molecule has 0 amide bonds. The highest BCUT2D eigenvalue weighted by Crippen LogP contribution is 2.29. The zero-order valence-corrected chi connectivity index (χ0v) is 9.22. The van der Waals surface area contributed by atoms with Crippen LogP contribution in [0.3, 0.4) is 0 Å². The Morgan fingerprint density at radius 2 is 2.00 bits per heavy atom. The lowest BCUT2D eigenvalue weighted by Gasteiger charge is -2.09. The Morgan fingerprint density at radius 1 is 1.29 bits per heavy atom. The van der Waals surface area contributed by atoms with Gasteiger partial charge in [-0.25, -0.2) is 4.79 Å². The van der Waals surface area contributed by atoms with Gasteiger partial charge in [0, 0.05) is 5.39 Å². The topological polar surface area (TPSA) is 46.5 Å². The SMILES string of the molecule is C=CCOc1cccc2cccc(C(=O)O)c12. The molecule has 0 aliphatic heterocycles. The van der Waals surface area contributed by atoms with Crippen LogP contribution in [0.5, 0.6) is 5.75 Å². The molecule has 0 aliphatic carbocycles. The molecule has 0 saturated heterocycles. The van der Waals surface area contributed by atoms with E-state index in [2.05, 4.69) is 6.58 Å². The maximum Gasteiger partial charge on any atom is 0.336 e. The average Bonchev–Trinajstić information content (AvgIpc) is 2.35. The zero-order valence-electron chi connectivity index (χ0n) is 9.22. The van der Waals surface area contributed by atoms with E-state index in [-0.39, 0.29) is 5.56 Å². The molecule has 3 nitrogen and oxygen atoms in total. The van der Waals surface area contributed by atoms with Crippen LogP contribution in [0.1, 0.15) is 10.4 Å². The van der Waals surface area contributed by atoms with E-state index in [0.29, 0.717) is 17.7 Å². The second-order valence-electron chi connectivity index (χ2n) is 3.56. The van der Waals surface area contributed by atoms with E-state index in [1.165, 1.54) is 0 Å². The zero-order chi connectivity index (χ0) is 12.3. The van der Waals surface area contributed by atoms with E-state index in [9.17, 15) is 4.79 Å². The molecule has 0 fully saturated rings. The van der Waals surface area contributed by atoms with E-state index in [0.717, 1.165) is 5.39 Å². The van der Waals surface area contributed by atoms with Crippen LogP contribution in [-0.2, 0) is 0 Å². The van der Waals surface area contributed by atoms with Crippen LogP contribution in [0, 0.1) is 0 Å². The molecule has 2 aromatic rings. The first-order valence-corrected chi connectivity index (χ1v) is 5.23. The van der Waals surface area contributed by atoms with Crippen molar-refractivity contribution in [3.63, 3.8) is 0 Å². The molecule has 0 heterocycles. The number of carbonyl (C=O) groups is 1. The van der Waals surface area contributed by atoms with Crippen LogP contribution in [-0.4, -0.2) is 17.7 Å². The van der Waals surface area contributed by atoms with E-state index >= 15 is 0 Å². The largest absolute Gasteiger partial charge is 0.489 e. The minimum atomic E-state index is -0.953. The molecule has 0 spiro atoms. The van der Waals surface area contributed by atoms with Crippen molar-refractivity contribution in [1.82, 2.24) is 0 Å². The van der Waals surface area contributed by atoms with E-state index in [4.69, 9.17) is 9.84 Å². The Balaban J connectivity index is 2.66. The standard InChI is InChI=1S/C14H12O3/c1-2-9-17-12-8-4-6-10-5-3-7-11(13(10)12)14(15)16/h2-8H,1,9H2,(H,15,16). The van der Waals surface area contributed by atoms with Crippen LogP contribution >= 0.6 is 0 Å².